The summed E-state index contributed by atoms with van der Waals surface area (Å²) in [6.45, 7) is 7.52. The summed E-state index contributed by atoms with van der Waals surface area (Å²) in [6, 6.07) is 10.4. The molecule has 0 fully saturated rings. The molecular weight excluding hydrogens is 424 g/mol. The summed E-state index contributed by atoms with van der Waals surface area (Å²) in [5, 5.41) is 3.16. The molecule has 10 heteroatoms. The Hall–Kier alpha value is -3.27. The Bertz CT molecular complexity index is 1170. The topological polar surface area (TPSA) is 87.2 Å². The average Bonchev–Trinajstić information content (AvgIpc) is 2.71. The van der Waals surface area contributed by atoms with Crippen molar-refractivity contribution in [2.75, 3.05) is 28.0 Å². The molecule has 1 aromatic heterocycles. The summed E-state index contributed by atoms with van der Waals surface area (Å²) in [4.78, 5) is 10.2. The molecule has 31 heavy (non-hydrogen) atoms. The van der Waals surface area contributed by atoms with Crippen molar-refractivity contribution in [2.45, 2.75) is 25.7 Å². The van der Waals surface area contributed by atoms with E-state index in [1.807, 2.05) is 26.8 Å². The Labute approximate surface area is 180 Å². The minimum atomic E-state index is -4.28. The molecule has 0 unspecified atom stereocenters. The monoisotopic (exact) mass is 447 g/mol. The maximum absolute atomic E-state index is 13.8. The Morgan fingerprint density at radius 2 is 1.58 bits per heavy atom. The highest BCUT2D eigenvalue weighted by Gasteiger charge is 2.20. The first kappa shape index (κ1) is 22.4. The van der Waals surface area contributed by atoms with Crippen molar-refractivity contribution >= 4 is 33.0 Å². The van der Waals surface area contributed by atoms with E-state index in [-0.39, 0.29) is 5.69 Å². The number of rotatable bonds is 8. The van der Waals surface area contributed by atoms with E-state index in [4.69, 9.17) is 0 Å². The summed E-state index contributed by atoms with van der Waals surface area (Å²) < 4.78 is 54.2. The fourth-order valence-corrected chi connectivity index (χ4v) is 4.14. The van der Waals surface area contributed by atoms with Crippen LogP contribution < -0.4 is 14.9 Å². The first-order valence-electron chi connectivity index (χ1n) is 9.67. The maximum Gasteiger partial charge on any atom is 0.264 e. The number of aromatic nitrogens is 2. The van der Waals surface area contributed by atoms with Crippen LogP contribution in [0.1, 0.15) is 19.7 Å². The molecule has 0 spiro atoms. The van der Waals surface area contributed by atoms with Gasteiger partial charge in [-0.1, -0.05) is 0 Å². The van der Waals surface area contributed by atoms with Gasteiger partial charge < -0.3 is 10.2 Å². The molecule has 1 heterocycles. The minimum Gasteiger partial charge on any atom is -0.357 e. The second kappa shape index (κ2) is 9.25. The number of benzene rings is 2. The van der Waals surface area contributed by atoms with Crippen LogP contribution in [0.2, 0.25) is 0 Å². The normalized spacial score (nSPS) is 11.3. The second-order valence-corrected chi connectivity index (χ2v) is 8.36. The third-order valence-corrected chi connectivity index (χ3v) is 5.90. The Balaban J connectivity index is 1.77. The predicted octanol–water partition coefficient (Wildman–Crippen LogP) is 4.45. The Morgan fingerprint density at radius 1 is 0.935 bits per heavy atom. The summed E-state index contributed by atoms with van der Waals surface area (Å²) in [5.41, 5.74) is 0.875. The van der Waals surface area contributed by atoms with Gasteiger partial charge in [-0.15, -0.1) is 0 Å². The number of hydrogen-bond donors (Lipinski definition) is 2. The number of anilines is 4. The van der Waals surface area contributed by atoms with Gasteiger partial charge in [-0.2, -0.15) is 0 Å². The molecule has 0 radical (unpaired) electrons. The van der Waals surface area contributed by atoms with Crippen LogP contribution in [0.15, 0.2) is 53.4 Å². The van der Waals surface area contributed by atoms with Crippen LogP contribution in [0.3, 0.4) is 0 Å². The zero-order valence-electron chi connectivity index (χ0n) is 17.4. The van der Waals surface area contributed by atoms with Crippen LogP contribution in [0, 0.1) is 18.6 Å². The van der Waals surface area contributed by atoms with Crippen molar-refractivity contribution in [1.29, 1.82) is 0 Å². The molecule has 2 aromatic carbocycles. The van der Waals surface area contributed by atoms with Gasteiger partial charge in [0.2, 0.25) is 0 Å². The molecular formula is C21H23F2N5O2S. The third-order valence-electron chi connectivity index (χ3n) is 4.50. The molecule has 7 nitrogen and oxygen atoms in total. The fraction of sp³-hybridized carbons (Fsp3) is 0.238. The summed E-state index contributed by atoms with van der Waals surface area (Å²) in [5.74, 6) is 0.153. The highest BCUT2D eigenvalue weighted by molar-refractivity contribution is 7.92. The molecule has 2 N–H and O–H groups in total. The van der Waals surface area contributed by atoms with Crippen LogP contribution in [0.25, 0.3) is 0 Å². The molecule has 3 aromatic rings. The van der Waals surface area contributed by atoms with E-state index in [2.05, 4.69) is 24.9 Å². The van der Waals surface area contributed by atoms with Crippen LogP contribution in [0.5, 0.6) is 0 Å². The smallest absolute Gasteiger partial charge is 0.264 e. The molecule has 0 amide bonds. The summed E-state index contributed by atoms with van der Waals surface area (Å²) in [7, 11) is -4.28. The van der Waals surface area contributed by atoms with Crippen molar-refractivity contribution in [1.82, 2.24) is 9.97 Å². The molecule has 164 valence electrons. The molecule has 0 bridgehead atoms. The lowest BCUT2D eigenvalue weighted by molar-refractivity contribution is 0.555. The largest absolute Gasteiger partial charge is 0.357 e. The SMILES string of the molecule is CCN(CC)c1cc(Nc2ccc(NS(=O)(=O)c3cc(F)ccc3F)cc2)nc(C)n1. The lowest BCUT2D eigenvalue weighted by atomic mass is 10.3. The van der Waals surface area contributed by atoms with Crippen LogP contribution in [-0.4, -0.2) is 31.5 Å². The van der Waals surface area contributed by atoms with Crippen molar-refractivity contribution in [3.8, 4) is 0 Å². The van der Waals surface area contributed by atoms with Gasteiger partial charge in [0.15, 0.2) is 0 Å². The third kappa shape index (κ3) is 5.46. The fourth-order valence-electron chi connectivity index (χ4n) is 2.99. The number of nitrogens with zero attached hydrogens (tertiary/aromatic N) is 3. The lowest BCUT2D eigenvalue weighted by Crippen LogP contribution is -2.23. The van der Waals surface area contributed by atoms with Crippen LogP contribution in [-0.2, 0) is 10.0 Å². The first-order valence-corrected chi connectivity index (χ1v) is 11.2. The molecule has 0 atom stereocenters. The molecule has 0 aliphatic heterocycles. The summed E-state index contributed by atoms with van der Waals surface area (Å²) >= 11 is 0. The van der Waals surface area contributed by atoms with Gasteiger partial charge in [-0.25, -0.2) is 27.2 Å². The van der Waals surface area contributed by atoms with Gasteiger partial charge in [0.1, 0.15) is 34.0 Å². The van der Waals surface area contributed by atoms with Crippen molar-refractivity contribution in [3.63, 3.8) is 0 Å². The Kier molecular flexibility index (Phi) is 6.69. The van der Waals surface area contributed by atoms with Crippen LogP contribution >= 0.6 is 0 Å². The number of aryl methyl sites for hydroxylation is 1. The van der Waals surface area contributed by atoms with E-state index in [0.29, 0.717) is 23.4 Å². The van der Waals surface area contributed by atoms with Crippen LogP contribution in [0.4, 0.5) is 31.8 Å². The van der Waals surface area contributed by atoms with Gasteiger partial charge in [0.25, 0.3) is 10.0 Å². The summed E-state index contributed by atoms with van der Waals surface area (Å²) in [6.07, 6.45) is 0. The van der Waals surface area contributed by atoms with Crippen molar-refractivity contribution in [3.05, 3.63) is 66.0 Å². The number of halogens is 2. The van der Waals surface area contributed by atoms with E-state index in [1.54, 1.807) is 12.1 Å². The average molecular weight is 448 g/mol. The van der Waals surface area contributed by atoms with Gasteiger partial charge in [0.05, 0.1) is 0 Å². The minimum absolute atomic E-state index is 0.205. The zero-order chi connectivity index (χ0) is 22.6. The van der Waals surface area contributed by atoms with E-state index in [1.165, 1.54) is 12.1 Å². The number of sulfonamides is 1. The molecule has 0 aliphatic rings. The second-order valence-electron chi connectivity index (χ2n) is 6.71. The number of hydrogen-bond acceptors (Lipinski definition) is 6. The molecule has 0 saturated carbocycles. The highest BCUT2D eigenvalue weighted by atomic mass is 32.2. The molecule has 0 saturated heterocycles. The number of nitrogens with one attached hydrogen (secondary N) is 2. The van der Waals surface area contributed by atoms with Crippen molar-refractivity contribution < 1.29 is 17.2 Å². The maximum atomic E-state index is 13.8. The van der Waals surface area contributed by atoms with Gasteiger partial charge >= 0.3 is 0 Å². The molecule has 3 rings (SSSR count). The van der Waals surface area contributed by atoms with Gasteiger partial charge in [0, 0.05) is 30.5 Å². The predicted molar refractivity (Wildman–Crippen MR) is 117 cm³/mol. The van der Waals surface area contributed by atoms with Gasteiger partial charge in [-0.05, 0) is 63.2 Å². The lowest BCUT2D eigenvalue weighted by Gasteiger charge is -2.20. The zero-order valence-corrected chi connectivity index (χ0v) is 18.2. The van der Waals surface area contributed by atoms with E-state index >= 15 is 0 Å². The van der Waals surface area contributed by atoms with Crippen molar-refractivity contribution in [2.24, 2.45) is 0 Å². The quantitative estimate of drug-likeness (QED) is 0.530. The van der Waals surface area contributed by atoms with E-state index in [0.717, 1.165) is 31.0 Å². The highest BCUT2D eigenvalue weighted by Crippen LogP contribution is 2.24. The van der Waals surface area contributed by atoms with Gasteiger partial charge in [-0.3, -0.25) is 4.72 Å². The standard InChI is InChI=1S/C21H23F2N5O2S/c1-4-28(5-2)21-13-20(24-14(3)25-21)26-16-7-9-17(10-8-16)27-31(29,30)19-12-15(22)6-11-18(19)23/h6-13,27H,4-5H2,1-3H3,(H,24,25,26). The Morgan fingerprint density at radius 3 is 2.23 bits per heavy atom. The van der Waals surface area contributed by atoms with E-state index < -0.39 is 26.6 Å². The van der Waals surface area contributed by atoms with E-state index in [9.17, 15) is 17.2 Å². The first-order chi connectivity index (χ1) is 14.7. The molecule has 0 aliphatic carbocycles.